The van der Waals surface area contributed by atoms with E-state index in [1.807, 2.05) is 48.5 Å². The molecule has 4 heteroatoms. The molecule has 0 bridgehead atoms. The first-order chi connectivity index (χ1) is 10.8. The summed E-state index contributed by atoms with van der Waals surface area (Å²) in [6.45, 7) is 4.32. The quantitative estimate of drug-likeness (QED) is 0.943. The van der Waals surface area contributed by atoms with Crippen LogP contribution in [0.2, 0.25) is 0 Å². The Bertz CT molecular complexity index is 622. The zero-order valence-corrected chi connectivity index (χ0v) is 12.5. The Morgan fingerprint density at radius 1 is 1.05 bits per heavy atom. The van der Waals surface area contributed by atoms with Gasteiger partial charge in [0.1, 0.15) is 0 Å². The number of nitrogens with zero attached hydrogens (tertiary/aromatic N) is 1. The van der Waals surface area contributed by atoms with E-state index in [0.717, 1.165) is 44.1 Å². The molecule has 0 atom stereocenters. The fourth-order valence-corrected chi connectivity index (χ4v) is 2.55. The SMILES string of the molecule is O=C(Nc1ccccc1)c1cccc(CN2CCOCC2)c1. The van der Waals surface area contributed by atoms with Crippen LogP contribution in [0.25, 0.3) is 0 Å². The zero-order valence-electron chi connectivity index (χ0n) is 12.5. The van der Waals surface area contributed by atoms with Crippen molar-refractivity contribution >= 4 is 11.6 Å². The number of carbonyl (C=O) groups is 1. The predicted octanol–water partition coefficient (Wildman–Crippen LogP) is 2.77. The summed E-state index contributed by atoms with van der Waals surface area (Å²) in [6, 6.07) is 17.3. The molecule has 0 spiro atoms. The van der Waals surface area contributed by atoms with E-state index in [9.17, 15) is 4.79 Å². The van der Waals surface area contributed by atoms with Crippen molar-refractivity contribution in [1.82, 2.24) is 4.90 Å². The van der Waals surface area contributed by atoms with E-state index in [0.29, 0.717) is 5.56 Å². The standard InChI is InChI=1S/C18H20N2O2/c21-18(19-17-7-2-1-3-8-17)16-6-4-5-15(13-16)14-20-9-11-22-12-10-20/h1-8,13H,9-12,14H2,(H,19,21). The van der Waals surface area contributed by atoms with Crippen LogP contribution in [-0.4, -0.2) is 37.1 Å². The second-order valence-electron chi connectivity index (χ2n) is 5.41. The maximum atomic E-state index is 12.3. The number of hydrogen-bond donors (Lipinski definition) is 1. The lowest BCUT2D eigenvalue weighted by Crippen LogP contribution is -2.35. The molecule has 1 aliphatic rings. The third-order valence-electron chi connectivity index (χ3n) is 3.73. The molecular formula is C18H20N2O2. The molecule has 1 N–H and O–H groups in total. The molecule has 2 aromatic carbocycles. The van der Waals surface area contributed by atoms with Crippen molar-refractivity contribution < 1.29 is 9.53 Å². The molecule has 0 saturated carbocycles. The number of rotatable bonds is 4. The average molecular weight is 296 g/mol. The van der Waals surface area contributed by atoms with Crippen molar-refractivity contribution in [2.45, 2.75) is 6.54 Å². The largest absolute Gasteiger partial charge is 0.379 e. The Hall–Kier alpha value is -2.17. The highest BCUT2D eigenvalue weighted by Crippen LogP contribution is 2.12. The Kier molecular flexibility index (Phi) is 4.83. The van der Waals surface area contributed by atoms with Gasteiger partial charge in [0, 0.05) is 30.9 Å². The van der Waals surface area contributed by atoms with Crippen LogP contribution < -0.4 is 5.32 Å². The van der Waals surface area contributed by atoms with Crippen LogP contribution in [0.15, 0.2) is 54.6 Å². The number of morpholine rings is 1. The molecule has 22 heavy (non-hydrogen) atoms. The number of anilines is 1. The normalized spacial score (nSPS) is 15.5. The van der Waals surface area contributed by atoms with Gasteiger partial charge >= 0.3 is 0 Å². The monoisotopic (exact) mass is 296 g/mol. The van der Waals surface area contributed by atoms with Gasteiger partial charge in [-0.1, -0.05) is 30.3 Å². The van der Waals surface area contributed by atoms with Crippen molar-refractivity contribution in [3.05, 3.63) is 65.7 Å². The van der Waals surface area contributed by atoms with Gasteiger partial charge in [-0.25, -0.2) is 0 Å². The number of benzene rings is 2. The number of carbonyl (C=O) groups excluding carboxylic acids is 1. The Balaban J connectivity index is 1.66. The molecule has 0 aliphatic carbocycles. The van der Waals surface area contributed by atoms with Crippen molar-refractivity contribution in [3.8, 4) is 0 Å². The Labute approximate surface area is 130 Å². The molecule has 0 radical (unpaired) electrons. The van der Waals surface area contributed by atoms with E-state index < -0.39 is 0 Å². The molecule has 0 aromatic heterocycles. The maximum absolute atomic E-state index is 12.3. The summed E-state index contributed by atoms with van der Waals surface area (Å²) in [5.74, 6) is -0.0740. The molecule has 1 saturated heterocycles. The first kappa shape index (κ1) is 14.8. The van der Waals surface area contributed by atoms with E-state index >= 15 is 0 Å². The van der Waals surface area contributed by atoms with Gasteiger partial charge in [0.05, 0.1) is 13.2 Å². The third kappa shape index (κ3) is 3.93. The van der Waals surface area contributed by atoms with Gasteiger partial charge in [-0.2, -0.15) is 0 Å². The van der Waals surface area contributed by atoms with Gasteiger partial charge in [-0.05, 0) is 29.8 Å². The van der Waals surface area contributed by atoms with Crippen LogP contribution in [0.4, 0.5) is 5.69 Å². The number of nitrogens with one attached hydrogen (secondary N) is 1. The molecule has 114 valence electrons. The van der Waals surface area contributed by atoms with E-state index in [4.69, 9.17) is 4.74 Å². The Morgan fingerprint density at radius 2 is 1.82 bits per heavy atom. The lowest BCUT2D eigenvalue weighted by Gasteiger charge is -2.26. The van der Waals surface area contributed by atoms with E-state index in [2.05, 4.69) is 16.3 Å². The summed E-state index contributed by atoms with van der Waals surface area (Å²) in [7, 11) is 0. The molecular weight excluding hydrogens is 276 g/mol. The summed E-state index contributed by atoms with van der Waals surface area (Å²) < 4.78 is 5.36. The minimum atomic E-state index is -0.0740. The van der Waals surface area contributed by atoms with Crippen molar-refractivity contribution in [2.24, 2.45) is 0 Å². The molecule has 4 nitrogen and oxygen atoms in total. The predicted molar refractivity (Wildman–Crippen MR) is 86.9 cm³/mol. The van der Waals surface area contributed by atoms with Gasteiger partial charge in [0.25, 0.3) is 5.91 Å². The Morgan fingerprint density at radius 3 is 2.59 bits per heavy atom. The average Bonchev–Trinajstić information content (AvgIpc) is 2.57. The van der Waals surface area contributed by atoms with E-state index in [1.165, 1.54) is 0 Å². The van der Waals surface area contributed by atoms with Crippen LogP contribution in [0.5, 0.6) is 0 Å². The summed E-state index contributed by atoms with van der Waals surface area (Å²) in [5, 5.41) is 2.92. The van der Waals surface area contributed by atoms with E-state index in [-0.39, 0.29) is 5.91 Å². The number of ether oxygens (including phenoxy) is 1. The highest BCUT2D eigenvalue weighted by Gasteiger charge is 2.12. The lowest BCUT2D eigenvalue weighted by molar-refractivity contribution is 0.0342. The summed E-state index contributed by atoms with van der Waals surface area (Å²) in [6.07, 6.45) is 0. The molecule has 1 aliphatic heterocycles. The molecule has 1 amide bonds. The van der Waals surface area contributed by atoms with Gasteiger partial charge in [-0.15, -0.1) is 0 Å². The van der Waals surface area contributed by atoms with Crippen LogP contribution in [0, 0.1) is 0 Å². The number of amides is 1. The molecule has 2 aromatic rings. The summed E-state index contributed by atoms with van der Waals surface area (Å²) >= 11 is 0. The number of para-hydroxylation sites is 1. The molecule has 1 heterocycles. The minimum absolute atomic E-state index is 0.0740. The highest BCUT2D eigenvalue weighted by atomic mass is 16.5. The molecule has 0 unspecified atom stereocenters. The third-order valence-corrected chi connectivity index (χ3v) is 3.73. The first-order valence-electron chi connectivity index (χ1n) is 7.57. The maximum Gasteiger partial charge on any atom is 0.255 e. The van der Waals surface area contributed by atoms with Crippen LogP contribution >= 0.6 is 0 Å². The molecule has 3 rings (SSSR count). The van der Waals surface area contributed by atoms with Gasteiger partial charge < -0.3 is 10.1 Å². The second kappa shape index (κ2) is 7.20. The highest BCUT2D eigenvalue weighted by molar-refractivity contribution is 6.04. The topological polar surface area (TPSA) is 41.6 Å². The fraction of sp³-hybridized carbons (Fsp3) is 0.278. The zero-order chi connectivity index (χ0) is 15.2. The number of hydrogen-bond acceptors (Lipinski definition) is 3. The van der Waals surface area contributed by atoms with Crippen molar-refractivity contribution in [2.75, 3.05) is 31.6 Å². The minimum Gasteiger partial charge on any atom is -0.379 e. The van der Waals surface area contributed by atoms with Crippen molar-refractivity contribution in [1.29, 1.82) is 0 Å². The lowest BCUT2D eigenvalue weighted by atomic mass is 10.1. The fourth-order valence-electron chi connectivity index (χ4n) is 2.55. The van der Waals surface area contributed by atoms with E-state index in [1.54, 1.807) is 0 Å². The molecule has 1 fully saturated rings. The van der Waals surface area contributed by atoms with Crippen LogP contribution in [0.3, 0.4) is 0 Å². The summed E-state index contributed by atoms with van der Waals surface area (Å²) in [5.41, 5.74) is 2.66. The van der Waals surface area contributed by atoms with Crippen molar-refractivity contribution in [3.63, 3.8) is 0 Å². The first-order valence-corrected chi connectivity index (χ1v) is 7.57. The van der Waals surface area contributed by atoms with Gasteiger partial charge in [0.2, 0.25) is 0 Å². The summed E-state index contributed by atoms with van der Waals surface area (Å²) in [4.78, 5) is 14.7. The smallest absolute Gasteiger partial charge is 0.255 e. The second-order valence-corrected chi connectivity index (χ2v) is 5.41. The van der Waals surface area contributed by atoms with Gasteiger partial charge in [0.15, 0.2) is 0 Å². The van der Waals surface area contributed by atoms with Crippen LogP contribution in [-0.2, 0) is 11.3 Å². The van der Waals surface area contributed by atoms with Gasteiger partial charge in [-0.3, -0.25) is 9.69 Å². The van der Waals surface area contributed by atoms with Crippen LogP contribution in [0.1, 0.15) is 15.9 Å².